The average Bonchev–Trinajstić information content (AvgIpc) is 2.49. The molecular formula is C15H13NO3. The Balaban J connectivity index is 0.000000191. The van der Waals surface area contributed by atoms with E-state index in [2.05, 4.69) is 0 Å². The van der Waals surface area contributed by atoms with Crippen LogP contribution < -0.4 is 0 Å². The summed E-state index contributed by atoms with van der Waals surface area (Å²) in [5.74, 6) is -0.879. The van der Waals surface area contributed by atoms with E-state index in [9.17, 15) is 4.79 Å². The molecule has 0 bridgehead atoms. The minimum atomic E-state index is -0.985. The van der Waals surface area contributed by atoms with Gasteiger partial charge in [-0.2, -0.15) is 5.26 Å². The monoisotopic (exact) mass is 255 g/mol. The average molecular weight is 255 g/mol. The number of hydrogen-bond acceptors (Lipinski definition) is 3. The first kappa shape index (κ1) is 14.4. The van der Waals surface area contributed by atoms with Crippen molar-refractivity contribution in [3.05, 3.63) is 71.8 Å². The smallest absolute Gasteiger partial charge is 0.335 e. The van der Waals surface area contributed by atoms with Crippen molar-refractivity contribution in [2.45, 2.75) is 6.10 Å². The topological polar surface area (TPSA) is 81.3 Å². The maximum absolute atomic E-state index is 10.2. The summed E-state index contributed by atoms with van der Waals surface area (Å²) in [6.45, 7) is 0. The normalized spacial score (nSPS) is 10.5. The molecule has 0 aliphatic rings. The number of aromatic carboxylic acids is 1. The third-order valence-corrected chi connectivity index (χ3v) is 2.26. The van der Waals surface area contributed by atoms with Gasteiger partial charge in [-0.05, 0) is 17.7 Å². The number of aliphatic hydroxyl groups is 1. The molecule has 1 atom stereocenters. The highest BCUT2D eigenvalue weighted by atomic mass is 16.4. The van der Waals surface area contributed by atoms with Gasteiger partial charge in [0.2, 0.25) is 0 Å². The minimum Gasteiger partial charge on any atom is -0.478 e. The van der Waals surface area contributed by atoms with Gasteiger partial charge in [-0.3, -0.25) is 0 Å². The maximum Gasteiger partial charge on any atom is 0.335 e. The van der Waals surface area contributed by atoms with Crippen molar-refractivity contribution in [2.24, 2.45) is 0 Å². The summed E-state index contributed by atoms with van der Waals surface area (Å²) in [5.41, 5.74) is 0.975. The fourth-order valence-electron chi connectivity index (χ4n) is 1.29. The molecule has 0 saturated carbocycles. The Bertz CT molecular complexity index is 547. The molecule has 0 aliphatic heterocycles. The van der Waals surface area contributed by atoms with Crippen molar-refractivity contribution in [2.75, 3.05) is 0 Å². The molecule has 0 spiro atoms. The number of benzene rings is 2. The third-order valence-electron chi connectivity index (χ3n) is 2.26. The molecule has 0 aromatic heterocycles. The summed E-state index contributed by atoms with van der Waals surface area (Å²) in [5, 5.41) is 25.6. The lowest BCUT2D eigenvalue weighted by molar-refractivity contribution is 0.0697. The molecule has 0 saturated heterocycles. The van der Waals surface area contributed by atoms with E-state index >= 15 is 0 Å². The molecule has 96 valence electrons. The third kappa shape index (κ3) is 5.02. The van der Waals surface area contributed by atoms with Gasteiger partial charge in [-0.25, -0.2) is 4.79 Å². The van der Waals surface area contributed by atoms with Gasteiger partial charge in [-0.1, -0.05) is 48.5 Å². The molecule has 19 heavy (non-hydrogen) atoms. The van der Waals surface area contributed by atoms with Crippen LogP contribution in [0.4, 0.5) is 0 Å². The van der Waals surface area contributed by atoms with E-state index < -0.39 is 12.1 Å². The Morgan fingerprint density at radius 3 is 1.84 bits per heavy atom. The number of aliphatic hydroxyl groups excluding tert-OH is 1. The van der Waals surface area contributed by atoms with Gasteiger partial charge in [0.15, 0.2) is 6.10 Å². The van der Waals surface area contributed by atoms with Gasteiger partial charge < -0.3 is 10.2 Å². The van der Waals surface area contributed by atoms with Crippen molar-refractivity contribution in [1.82, 2.24) is 0 Å². The van der Waals surface area contributed by atoms with E-state index in [4.69, 9.17) is 15.5 Å². The van der Waals surface area contributed by atoms with Gasteiger partial charge in [0, 0.05) is 0 Å². The van der Waals surface area contributed by atoms with Crippen LogP contribution in [0.3, 0.4) is 0 Å². The second-order valence-electron chi connectivity index (χ2n) is 3.61. The van der Waals surface area contributed by atoms with Gasteiger partial charge in [0.1, 0.15) is 0 Å². The molecule has 0 fully saturated rings. The van der Waals surface area contributed by atoms with Crippen LogP contribution in [-0.4, -0.2) is 16.2 Å². The summed E-state index contributed by atoms with van der Waals surface area (Å²) in [6, 6.07) is 18.9. The van der Waals surface area contributed by atoms with Crippen molar-refractivity contribution in [1.29, 1.82) is 5.26 Å². The Morgan fingerprint density at radius 1 is 1.00 bits per heavy atom. The molecule has 0 aliphatic carbocycles. The van der Waals surface area contributed by atoms with Crippen LogP contribution in [0.2, 0.25) is 0 Å². The second kappa shape index (κ2) is 7.64. The van der Waals surface area contributed by atoms with Crippen LogP contribution >= 0.6 is 0 Å². The fourth-order valence-corrected chi connectivity index (χ4v) is 1.29. The van der Waals surface area contributed by atoms with Crippen LogP contribution in [-0.2, 0) is 0 Å². The van der Waals surface area contributed by atoms with Gasteiger partial charge in [0.25, 0.3) is 0 Å². The molecule has 2 aromatic carbocycles. The molecule has 4 nitrogen and oxygen atoms in total. The second-order valence-corrected chi connectivity index (χ2v) is 3.61. The Labute approximate surface area is 111 Å². The molecule has 2 rings (SSSR count). The quantitative estimate of drug-likeness (QED) is 0.808. The van der Waals surface area contributed by atoms with E-state index in [1.54, 1.807) is 60.7 Å². The number of carbonyl (C=O) groups is 1. The first-order chi connectivity index (χ1) is 9.15. The summed E-state index contributed by atoms with van der Waals surface area (Å²) < 4.78 is 0. The summed E-state index contributed by atoms with van der Waals surface area (Å²) in [7, 11) is 0. The number of nitrogens with zero attached hydrogens (tertiary/aromatic N) is 1. The molecular weight excluding hydrogens is 242 g/mol. The van der Waals surface area contributed by atoms with E-state index in [1.807, 2.05) is 6.07 Å². The zero-order chi connectivity index (χ0) is 14.1. The highest BCUT2D eigenvalue weighted by molar-refractivity contribution is 5.87. The molecule has 2 N–H and O–H groups in total. The number of nitriles is 1. The SMILES string of the molecule is N#CC(O)c1ccccc1.O=C(O)c1ccccc1. The van der Waals surface area contributed by atoms with Crippen molar-refractivity contribution in [3.8, 4) is 6.07 Å². The molecule has 1 unspecified atom stereocenters. The Kier molecular flexibility index (Phi) is 5.80. The zero-order valence-electron chi connectivity index (χ0n) is 10.1. The lowest BCUT2D eigenvalue weighted by Crippen LogP contribution is -1.93. The standard InChI is InChI=1S/C8H7NO.C7H6O2/c9-6-8(10)7-4-2-1-3-5-7;8-7(9)6-4-2-1-3-5-6/h1-5,8,10H;1-5H,(H,8,9). The predicted molar refractivity (Wildman–Crippen MR) is 70.4 cm³/mol. The summed E-state index contributed by atoms with van der Waals surface area (Å²) in [6.07, 6.45) is -0.985. The Morgan fingerprint density at radius 2 is 1.47 bits per heavy atom. The number of hydrogen-bond donors (Lipinski definition) is 2. The molecule has 0 amide bonds. The number of carboxylic acids is 1. The first-order valence-electron chi connectivity index (χ1n) is 5.56. The lowest BCUT2D eigenvalue weighted by Gasteiger charge is -1.98. The maximum atomic E-state index is 10.2. The van der Waals surface area contributed by atoms with E-state index in [1.165, 1.54) is 0 Å². The largest absolute Gasteiger partial charge is 0.478 e. The van der Waals surface area contributed by atoms with Crippen LogP contribution in [0.5, 0.6) is 0 Å². The van der Waals surface area contributed by atoms with Crippen molar-refractivity contribution < 1.29 is 15.0 Å². The number of carboxylic acid groups (broad SMARTS) is 1. The highest BCUT2D eigenvalue weighted by Gasteiger charge is 2.01. The minimum absolute atomic E-state index is 0.331. The zero-order valence-corrected chi connectivity index (χ0v) is 10.1. The highest BCUT2D eigenvalue weighted by Crippen LogP contribution is 2.09. The van der Waals surface area contributed by atoms with Crippen LogP contribution in [0.25, 0.3) is 0 Å². The molecule has 4 heteroatoms. The predicted octanol–water partition coefficient (Wildman–Crippen LogP) is 2.63. The van der Waals surface area contributed by atoms with E-state index in [0.29, 0.717) is 11.1 Å². The summed E-state index contributed by atoms with van der Waals surface area (Å²) >= 11 is 0. The van der Waals surface area contributed by atoms with Crippen molar-refractivity contribution in [3.63, 3.8) is 0 Å². The van der Waals surface area contributed by atoms with Gasteiger partial charge in [-0.15, -0.1) is 0 Å². The lowest BCUT2D eigenvalue weighted by atomic mass is 10.1. The van der Waals surface area contributed by atoms with Crippen LogP contribution in [0.1, 0.15) is 22.0 Å². The van der Waals surface area contributed by atoms with E-state index in [-0.39, 0.29) is 0 Å². The first-order valence-corrected chi connectivity index (χ1v) is 5.56. The van der Waals surface area contributed by atoms with Crippen LogP contribution in [0.15, 0.2) is 60.7 Å². The molecule has 0 radical (unpaired) electrons. The number of rotatable bonds is 2. The van der Waals surface area contributed by atoms with Gasteiger partial charge >= 0.3 is 5.97 Å². The summed E-state index contributed by atoms with van der Waals surface area (Å²) in [4.78, 5) is 10.2. The van der Waals surface area contributed by atoms with Crippen LogP contribution in [0, 0.1) is 11.3 Å². The molecule has 0 heterocycles. The fraction of sp³-hybridized carbons (Fsp3) is 0.0667. The van der Waals surface area contributed by atoms with Crippen molar-refractivity contribution >= 4 is 5.97 Å². The Hall–Kier alpha value is -2.64. The van der Waals surface area contributed by atoms with E-state index in [0.717, 1.165) is 0 Å². The van der Waals surface area contributed by atoms with Gasteiger partial charge in [0.05, 0.1) is 11.6 Å². The molecule has 2 aromatic rings.